The molecule has 4 rings (SSSR count). The van der Waals surface area contributed by atoms with Gasteiger partial charge in [0.1, 0.15) is 5.67 Å². The summed E-state index contributed by atoms with van der Waals surface area (Å²) in [7, 11) is 3.15. The minimum Gasteiger partial charge on any atom is -0.493 e. The minimum atomic E-state index is -1.41. The molecule has 4 nitrogen and oxygen atoms in total. The van der Waals surface area contributed by atoms with E-state index in [-0.39, 0.29) is 24.2 Å². The lowest BCUT2D eigenvalue weighted by Crippen LogP contribution is -2.39. The summed E-state index contributed by atoms with van der Waals surface area (Å²) >= 11 is 0. The summed E-state index contributed by atoms with van der Waals surface area (Å²) in [6.45, 7) is 9.03. The maximum atomic E-state index is 16.0. The second-order valence-electron chi connectivity index (χ2n) is 10.7. The second kappa shape index (κ2) is 9.69. The van der Waals surface area contributed by atoms with E-state index in [1.165, 1.54) is 16.7 Å². The van der Waals surface area contributed by atoms with Gasteiger partial charge in [-0.25, -0.2) is 4.39 Å². The molecule has 1 aliphatic carbocycles. The predicted octanol–water partition coefficient (Wildman–Crippen LogP) is 6.24. The van der Waals surface area contributed by atoms with Crippen LogP contribution in [0.3, 0.4) is 0 Å². The summed E-state index contributed by atoms with van der Waals surface area (Å²) < 4.78 is 26.8. The Hall–Kier alpha value is -2.40. The van der Waals surface area contributed by atoms with E-state index in [1.54, 1.807) is 27.2 Å². The van der Waals surface area contributed by atoms with Gasteiger partial charge in [-0.2, -0.15) is 0 Å². The summed E-state index contributed by atoms with van der Waals surface area (Å²) in [5.41, 5.74) is 3.98. The second-order valence-corrected chi connectivity index (χ2v) is 10.7. The maximum absolute atomic E-state index is 16.0. The van der Waals surface area contributed by atoms with Crippen molar-refractivity contribution in [2.45, 2.75) is 84.1 Å². The molecule has 0 saturated carbocycles. The lowest BCUT2D eigenvalue weighted by molar-refractivity contribution is 0.0682. The average molecular weight is 468 g/mol. The van der Waals surface area contributed by atoms with Crippen molar-refractivity contribution in [3.8, 4) is 11.5 Å². The van der Waals surface area contributed by atoms with Gasteiger partial charge in [0.2, 0.25) is 0 Å². The van der Waals surface area contributed by atoms with Crippen molar-refractivity contribution in [1.82, 2.24) is 4.90 Å². The Morgan fingerprint density at radius 2 is 1.65 bits per heavy atom. The molecule has 0 N–H and O–H groups in total. The fourth-order valence-corrected chi connectivity index (χ4v) is 6.15. The van der Waals surface area contributed by atoms with Crippen LogP contribution in [0.2, 0.25) is 0 Å². The number of carbonyl (C=O) groups is 1. The van der Waals surface area contributed by atoms with E-state index in [2.05, 4.69) is 43.9 Å². The van der Waals surface area contributed by atoms with Crippen molar-refractivity contribution in [2.75, 3.05) is 14.2 Å². The van der Waals surface area contributed by atoms with E-state index in [4.69, 9.17) is 9.47 Å². The summed E-state index contributed by atoms with van der Waals surface area (Å²) in [6.07, 6.45) is 3.33. The Morgan fingerprint density at radius 1 is 1.00 bits per heavy atom. The van der Waals surface area contributed by atoms with Gasteiger partial charge in [0.15, 0.2) is 17.3 Å². The van der Waals surface area contributed by atoms with Crippen molar-refractivity contribution < 1.29 is 18.7 Å². The maximum Gasteiger partial charge on any atom is 0.166 e. The molecule has 0 spiro atoms. The van der Waals surface area contributed by atoms with Crippen LogP contribution in [0.1, 0.15) is 72.1 Å². The van der Waals surface area contributed by atoms with Crippen LogP contribution in [0, 0.1) is 19.8 Å². The number of rotatable bonds is 8. The highest BCUT2D eigenvalue weighted by atomic mass is 19.1. The Bertz CT molecular complexity index is 1040. The predicted molar refractivity (Wildman–Crippen MR) is 134 cm³/mol. The summed E-state index contributed by atoms with van der Waals surface area (Å²) in [5, 5.41) is 0. The largest absolute Gasteiger partial charge is 0.493 e. The van der Waals surface area contributed by atoms with Crippen LogP contribution < -0.4 is 9.47 Å². The average Bonchev–Trinajstić information content (AvgIpc) is 3.24. The molecule has 184 valence electrons. The molecule has 2 aromatic rings. The number of halogens is 1. The van der Waals surface area contributed by atoms with Crippen LogP contribution >= 0.6 is 0 Å². The molecular weight excluding hydrogens is 429 g/mol. The Labute approximate surface area is 203 Å². The first-order chi connectivity index (χ1) is 16.1. The lowest BCUT2D eigenvalue weighted by Gasteiger charge is -2.33. The van der Waals surface area contributed by atoms with Gasteiger partial charge in [0.05, 0.1) is 14.2 Å². The minimum absolute atomic E-state index is 0.0201. The topological polar surface area (TPSA) is 38.8 Å². The number of aryl methyl sites for hydroxylation is 2. The lowest BCUT2D eigenvalue weighted by atomic mass is 9.85. The normalized spacial score (nSPS) is 24.2. The zero-order valence-corrected chi connectivity index (χ0v) is 21.4. The Kier molecular flexibility index (Phi) is 7.04. The molecule has 0 amide bonds. The van der Waals surface area contributed by atoms with Gasteiger partial charge in [-0.1, -0.05) is 29.3 Å². The summed E-state index contributed by atoms with van der Waals surface area (Å²) in [6, 6.07) is 10.9. The first-order valence-corrected chi connectivity index (χ1v) is 12.4. The number of ether oxygens (including phenoxy) is 2. The molecule has 1 fully saturated rings. The third-order valence-electron chi connectivity index (χ3n) is 7.64. The zero-order chi connectivity index (χ0) is 24.6. The molecule has 4 unspecified atom stereocenters. The molecule has 0 radical (unpaired) electrons. The third-order valence-corrected chi connectivity index (χ3v) is 7.64. The van der Waals surface area contributed by atoms with Crippen LogP contribution in [-0.4, -0.2) is 42.7 Å². The Morgan fingerprint density at radius 3 is 2.29 bits per heavy atom. The number of hydrogen-bond acceptors (Lipinski definition) is 4. The van der Waals surface area contributed by atoms with E-state index < -0.39 is 5.67 Å². The van der Waals surface area contributed by atoms with Gasteiger partial charge >= 0.3 is 0 Å². The number of ketones is 1. The number of nitrogens with zero attached hydrogens (tertiary/aromatic N) is 1. The quantitative estimate of drug-likeness (QED) is 0.461. The van der Waals surface area contributed by atoms with Gasteiger partial charge in [-0.3, -0.25) is 9.69 Å². The first-order valence-electron chi connectivity index (χ1n) is 12.4. The van der Waals surface area contributed by atoms with E-state index >= 15 is 4.39 Å². The molecular formula is C29H38FNO3. The van der Waals surface area contributed by atoms with Crippen LogP contribution in [0.15, 0.2) is 30.3 Å². The van der Waals surface area contributed by atoms with E-state index in [1.807, 2.05) is 6.07 Å². The zero-order valence-electron chi connectivity index (χ0n) is 21.4. The van der Waals surface area contributed by atoms with Crippen LogP contribution in [0.5, 0.6) is 11.5 Å². The van der Waals surface area contributed by atoms with Crippen LogP contribution in [0.4, 0.5) is 4.39 Å². The third kappa shape index (κ3) is 5.14. The van der Waals surface area contributed by atoms with Gasteiger partial charge in [0.25, 0.3) is 0 Å². The Balaban J connectivity index is 1.45. The summed E-state index contributed by atoms with van der Waals surface area (Å²) in [5.74, 6) is 0.833. The van der Waals surface area contributed by atoms with Crippen molar-refractivity contribution in [3.05, 3.63) is 58.1 Å². The monoisotopic (exact) mass is 467 g/mol. The van der Waals surface area contributed by atoms with Crippen molar-refractivity contribution in [1.29, 1.82) is 0 Å². The molecule has 0 bridgehead atoms. The SMILES string of the molecule is COc1cc2c(cc1OC)C(=O)C(CC(C)(F)CC1CCC(C)N1Cc1cc(C)cc(C)c1)C2. The molecule has 5 heteroatoms. The number of fused-ring (bicyclic) bond motifs is 1. The van der Waals surface area contributed by atoms with Crippen molar-refractivity contribution in [2.24, 2.45) is 5.92 Å². The van der Waals surface area contributed by atoms with E-state index in [0.29, 0.717) is 35.9 Å². The van der Waals surface area contributed by atoms with Crippen LogP contribution in [-0.2, 0) is 13.0 Å². The number of benzene rings is 2. The van der Waals surface area contributed by atoms with E-state index in [0.717, 1.165) is 24.9 Å². The molecule has 4 atom stereocenters. The van der Waals surface area contributed by atoms with Gasteiger partial charge < -0.3 is 9.47 Å². The highest BCUT2D eigenvalue weighted by Crippen LogP contribution is 2.41. The van der Waals surface area contributed by atoms with Crippen molar-refractivity contribution in [3.63, 3.8) is 0 Å². The van der Waals surface area contributed by atoms with Crippen LogP contribution in [0.25, 0.3) is 0 Å². The standard InChI is InChI=1S/C29H38FNO3/c1-18-9-19(2)11-21(10-18)17-31-20(3)7-8-24(31)16-29(4,30)15-23-12-22-13-26(33-5)27(34-6)14-25(22)28(23)32/h9-11,13-14,20,23-24H,7-8,12,15-17H2,1-6H3. The molecule has 34 heavy (non-hydrogen) atoms. The molecule has 1 heterocycles. The highest BCUT2D eigenvalue weighted by Gasteiger charge is 2.41. The fourth-order valence-electron chi connectivity index (χ4n) is 6.15. The summed E-state index contributed by atoms with van der Waals surface area (Å²) in [4.78, 5) is 15.6. The number of methoxy groups -OCH3 is 2. The molecule has 2 aromatic carbocycles. The first kappa shape index (κ1) is 24.7. The van der Waals surface area contributed by atoms with Crippen molar-refractivity contribution >= 4 is 5.78 Å². The molecule has 2 aliphatic rings. The number of alkyl halides is 1. The number of Topliss-reactive ketones (excluding diaryl/α,β-unsaturated/α-hetero) is 1. The molecule has 0 aromatic heterocycles. The van der Waals surface area contributed by atoms with Gasteiger partial charge in [-0.05, 0) is 83.1 Å². The van der Waals surface area contributed by atoms with Gasteiger partial charge in [0, 0.05) is 30.1 Å². The number of carbonyl (C=O) groups excluding carboxylic acids is 1. The van der Waals surface area contributed by atoms with E-state index in [9.17, 15) is 4.79 Å². The molecule has 1 aliphatic heterocycles. The highest BCUT2D eigenvalue weighted by molar-refractivity contribution is 6.03. The smallest absolute Gasteiger partial charge is 0.166 e. The fraction of sp³-hybridized carbons (Fsp3) is 0.552. The molecule has 1 saturated heterocycles. The van der Waals surface area contributed by atoms with Gasteiger partial charge in [-0.15, -0.1) is 0 Å². The number of likely N-dealkylation sites (tertiary alicyclic amines) is 1. The number of hydrogen-bond donors (Lipinski definition) is 0.